The summed E-state index contributed by atoms with van der Waals surface area (Å²) in [5.74, 6) is -0.990. The number of carbonyl (C=O) groups is 3. The number of ketones is 2. The van der Waals surface area contributed by atoms with Gasteiger partial charge in [-0.2, -0.15) is 0 Å². The first-order chi connectivity index (χ1) is 6.24. The molecule has 0 aromatic rings. The van der Waals surface area contributed by atoms with Crippen molar-refractivity contribution in [2.24, 2.45) is 0 Å². The minimum Gasteiger partial charge on any atom is -0.358 e. The van der Waals surface area contributed by atoms with Crippen molar-refractivity contribution in [3.63, 3.8) is 0 Å². The third-order valence-electron chi connectivity index (χ3n) is 1.65. The van der Waals surface area contributed by atoms with Gasteiger partial charge in [-0.3, -0.25) is 14.4 Å². The van der Waals surface area contributed by atoms with Crippen molar-refractivity contribution in [3.05, 3.63) is 23.8 Å². The third-order valence-corrected chi connectivity index (χ3v) is 1.65. The van der Waals surface area contributed by atoms with E-state index in [2.05, 4.69) is 5.32 Å². The van der Waals surface area contributed by atoms with Gasteiger partial charge in [0.25, 0.3) is 0 Å². The van der Waals surface area contributed by atoms with Crippen molar-refractivity contribution < 1.29 is 14.4 Å². The Hall–Kier alpha value is -1.71. The smallest absolute Gasteiger partial charge is 0.225 e. The number of nitrogens with one attached hydrogen (secondary N) is 1. The summed E-state index contributed by atoms with van der Waals surface area (Å²) in [7, 11) is 0. The Labute approximate surface area is 75.3 Å². The highest BCUT2D eigenvalue weighted by molar-refractivity contribution is 6.46. The maximum absolute atomic E-state index is 10.9. The van der Waals surface area contributed by atoms with E-state index in [9.17, 15) is 14.4 Å². The molecular formula is C9H9NO3. The van der Waals surface area contributed by atoms with E-state index in [1.54, 1.807) is 6.08 Å². The molecule has 0 atom stereocenters. The molecule has 0 saturated carbocycles. The van der Waals surface area contributed by atoms with Crippen LogP contribution in [0.1, 0.15) is 6.42 Å². The number of allylic oxidation sites excluding steroid dienone is 3. The highest BCUT2D eigenvalue weighted by atomic mass is 16.2. The summed E-state index contributed by atoms with van der Waals surface area (Å²) in [6, 6.07) is 0. The zero-order chi connectivity index (χ0) is 9.68. The standard InChI is InChI=1S/C9H9NO3/c11-6-10-4-3-7-1-2-8(12)9(13)5-7/h1-2,5-6H,3-4H2,(H,10,11). The van der Waals surface area contributed by atoms with Crippen LogP contribution in [0.3, 0.4) is 0 Å². The molecule has 0 heterocycles. The molecule has 0 fully saturated rings. The minimum absolute atomic E-state index is 0.473. The Balaban J connectivity index is 2.48. The van der Waals surface area contributed by atoms with Gasteiger partial charge in [-0.25, -0.2) is 0 Å². The van der Waals surface area contributed by atoms with E-state index in [0.717, 1.165) is 5.57 Å². The van der Waals surface area contributed by atoms with Gasteiger partial charge in [0, 0.05) is 6.54 Å². The second-order valence-electron chi connectivity index (χ2n) is 2.60. The molecule has 0 aromatic heterocycles. The zero-order valence-corrected chi connectivity index (χ0v) is 6.95. The van der Waals surface area contributed by atoms with Gasteiger partial charge in [-0.1, -0.05) is 6.08 Å². The topological polar surface area (TPSA) is 63.2 Å². The summed E-state index contributed by atoms with van der Waals surface area (Å²) in [5, 5.41) is 2.47. The zero-order valence-electron chi connectivity index (χ0n) is 6.95. The van der Waals surface area contributed by atoms with Crippen LogP contribution in [0, 0.1) is 0 Å². The van der Waals surface area contributed by atoms with Crippen LogP contribution in [-0.2, 0) is 14.4 Å². The Kier molecular flexibility index (Phi) is 3.14. The van der Waals surface area contributed by atoms with E-state index in [1.807, 2.05) is 0 Å². The molecule has 0 spiro atoms. The van der Waals surface area contributed by atoms with Crippen LogP contribution >= 0.6 is 0 Å². The fourth-order valence-corrected chi connectivity index (χ4v) is 0.983. The fourth-order valence-electron chi connectivity index (χ4n) is 0.983. The van der Waals surface area contributed by atoms with E-state index < -0.39 is 11.6 Å². The third kappa shape index (κ3) is 2.66. The molecule has 4 heteroatoms. The molecule has 0 saturated heterocycles. The van der Waals surface area contributed by atoms with Gasteiger partial charge < -0.3 is 5.32 Å². The summed E-state index contributed by atoms with van der Waals surface area (Å²) in [6.45, 7) is 0.473. The van der Waals surface area contributed by atoms with Crippen molar-refractivity contribution in [3.8, 4) is 0 Å². The Morgan fingerprint density at radius 3 is 2.62 bits per heavy atom. The molecule has 1 aliphatic carbocycles. The molecule has 0 unspecified atom stereocenters. The van der Waals surface area contributed by atoms with Crippen molar-refractivity contribution in [1.82, 2.24) is 5.32 Å². The molecule has 1 amide bonds. The van der Waals surface area contributed by atoms with Crippen LogP contribution in [0.2, 0.25) is 0 Å². The number of hydrogen-bond acceptors (Lipinski definition) is 3. The van der Waals surface area contributed by atoms with Crippen LogP contribution in [0.15, 0.2) is 23.8 Å². The monoisotopic (exact) mass is 179 g/mol. The lowest BCUT2D eigenvalue weighted by atomic mass is 10.0. The van der Waals surface area contributed by atoms with E-state index >= 15 is 0 Å². The molecule has 1 N–H and O–H groups in total. The Morgan fingerprint density at radius 2 is 2.00 bits per heavy atom. The second kappa shape index (κ2) is 4.35. The predicted octanol–water partition coefficient (Wildman–Crippen LogP) is -0.243. The van der Waals surface area contributed by atoms with E-state index in [0.29, 0.717) is 19.4 Å². The van der Waals surface area contributed by atoms with Gasteiger partial charge in [0.1, 0.15) is 0 Å². The van der Waals surface area contributed by atoms with Crippen LogP contribution in [0.4, 0.5) is 0 Å². The number of amides is 1. The molecule has 68 valence electrons. The molecule has 0 aliphatic heterocycles. The lowest BCUT2D eigenvalue weighted by Gasteiger charge is -2.04. The van der Waals surface area contributed by atoms with Gasteiger partial charge >= 0.3 is 0 Å². The summed E-state index contributed by atoms with van der Waals surface area (Å²) >= 11 is 0. The van der Waals surface area contributed by atoms with Crippen LogP contribution in [0.5, 0.6) is 0 Å². The Bertz CT molecular complexity index is 302. The molecule has 0 radical (unpaired) electrons. The van der Waals surface area contributed by atoms with E-state index in [4.69, 9.17) is 0 Å². The fraction of sp³-hybridized carbons (Fsp3) is 0.222. The Morgan fingerprint density at radius 1 is 1.23 bits per heavy atom. The number of rotatable bonds is 4. The van der Waals surface area contributed by atoms with Crippen molar-refractivity contribution in [2.45, 2.75) is 6.42 Å². The lowest BCUT2D eigenvalue weighted by Crippen LogP contribution is -2.16. The second-order valence-corrected chi connectivity index (χ2v) is 2.60. The predicted molar refractivity (Wildman–Crippen MR) is 45.9 cm³/mol. The first-order valence-corrected chi connectivity index (χ1v) is 3.88. The van der Waals surface area contributed by atoms with Gasteiger partial charge in [-0.15, -0.1) is 0 Å². The average Bonchev–Trinajstić information content (AvgIpc) is 2.12. The van der Waals surface area contributed by atoms with Crippen LogP contribution < -0.4 is 5.32 Å². The van der Waals surface area contributed by atoms with Crippen molar-refractivity contribution in [2.75, 3.05) is 6.54 Å². The largest absolute Gasteiger partial charge is 0.358 e. The average molecular weight is 179 g/mol. The van der Waals surface area contributed by atoms with Gasteiger partial charge in [0.15, 0.2) is 0 Å². The summed E-state index contributed by atoms with van der Waals surface area (Å²) < 4.78 is 0. The first-order valence-electron chi connectivity index (χ1n) is 3.88. The van der Waals surface area contributed by atoms with E-state index in [1.165, 1.54) is 12.2 Å². The molecule has 0 bridgehead atoms. The SMILES string of the molecule is O=CNCCC1=CC(=O)C(=O)C=C1. The highest BCUT2D eigenvalue weighted by Gasteiger charge is 2.12. The highest BCUT2D eigenvalue weighted by Crippen LogP contribution is 2.07. The molecular weight excluding hydrogens is 170 g/mol. The first kappa shape index (κ1) is 9.38. The maximum atomic E-state index is 10.9. The summed E-state index contributed by atoms with van der Waals surface area (Å²) in [4.78, 5) is 31.5. The van der Waals surface area contributed by atoms with Gasteiger partial charge in [-0.05, 0) is 24.1 Å². The van der Waals surface area contributed by atoms with E-state index in [-0.39, 0.29) is 0 Å². The van der Waals surface area contributed by atoms with Crippen molar-refractivity contribution in [1.29, 1.82) is 0 Å². The van der Waals surface area contributed by atoms with Gasteiger partial charge in [0.2, 0.25) is 18.0 Å². The van der Waals surface area contributed by atoms with Crippen LogP contribution in [0.25, 0.3) is 0 Å². The lowest BCUT2D eigenvalue weighted by molar-refractivity contribution is -0.131. The van der Waals surface area contributed by atoms with Crippen molar-refractivity contribution >= 4 is 18.0 Å². The molecule has 4 nitrogen and oxygen atoms in total. The summed E-state index contributed by atoms with van der Waals surface area (Å²) in [5.41, 5.74) is 0.763. The number of carbonyl (C=O) groups excluding carboxylic acids is 3. The number of hydrogen-bond donors (Lipinski definition) is 1. The minimum atomic E-state index is -0.497. The maximum Gasteiger partial charge on any atom is 0.225 e. The quantitative estimate of drug-likeness (QED) is 0.280. The molecule has 1 rings (SSSR count). The molecule has 1 aliphatic rings. The normalized spacial score (nSPS) is 15.5. The van der Waals surface area contributed by atoms with Crippen LogP contribution in [-0.4, -0.2) is 24.5 Å². The summed E-state index contributed by atoms with van der Waals surface area (Å²) in [6.07, 6.45) is 5.30. The van der Waals surface area contributed by atoms with Gasteiger partial charge in [0.05, 0.1) is 0 Å². The molecule has 13 heavy (non-hydrogen) atoms. The molecule has 0 aromatic carbocycles.